The average molecular weight is 234 g/mol. The van der Waals surface area contributed by atoms with Crippen LogP contribution in [0.5, 0.6) is 0 Å². The minimum atomic E-state index is -0.191. The van der Waals surface area contributed by atoms with Crippen LogP contribution < -0.4 is 0 Å². The van der Waals surface area contributed by atoms with Crippen molar-refractivity contribution in [3.05, 3.63) is 12.2 Å². The molecule has 2 fully saturated rings. The summed E-state index contributed by atoms with van der Waals surface area (Å²) in [6, 6.07) is 0. The molecule has 3 aliphatic carbocycles. The summed E-state index contributed by atoms with van der Waals surface area (Å²) in [5, 5.41) is 0. The quantitative estimate of drug-likeness (QED) is 0.540. The summed E-state index contributed by atoms with van der Waals surface area (Å²) in [7, 11) is 0. The number of carbonyl (C=O) groups excluding carboxylic acids is 1. The van der Waals surface area contributed by atoms with E-state index in [1.54, 1.807) is 0 Å². The number of ether oxygens (including phenoxy) is 1. The Kier molecular flexibility index (Phi) is 2.76. The largest absolute Gasteiger partial charge is 0.461 e. The Bertz CT molecular complexity index is 339. The van der Waals surface area contributed by atoms with Crippen molar-refractivity contribution in [1.82, 2.24) is 0 Å². The molecule has 2 nitrogen and oxygen atoms in total. The van der Waals surface area contributed by atoms with Crippen LogP contribution in [-0.4, -0.2) is 12.1 Å². The van der Waals surface area contributed by atoms with Crippen molar-refractivity contribution in [3.63, 3.8) is 0 Å². The maximum atomic E-state index is 12.3. The first-order valence-corrected chi connectivity index (χ1v) is 7.07. The van der Waals surface area contributed by atoms with Gasteiger partial charge < -0.3 is 4.74 Å². The van der Waals surface area contributed by atoms with Gasteiger partial charge in [0.05, 0.1) is 5.41 Å². The fraction of sp³-hybridized carbons (Fsp3) is 0.800. The molecule has 0 N–H and O–H groups in total. The average Bonchev–Trinajstić information content (AvgIpc) is 2.92. The van der Waals surface area contributed by atoms with E-state index in [-0.39, 0.29) is 17.5 Å². The molecule has 0 spiro atoms. The van der Waals surface area contributed by atoms with Gasteiger partial charge in [-0.15, -0.1) is 0 Å². The Morgan fingerprint density at radius 1 is 1.18 bits per heavy atom. The van der Waals surface area contributed by atoms with Gasteiger partial charge in [0.25, 0.3) is 0 Å². The maximum Gasteiger partial charge on any atom is 0.312 e. The molecule has 0 heterocycles. The summed E-state index contributed by atoms with van der Waals surface area (Å²) >= 11 is 0. The standard InChI is InChI=1S/C15H22O2/c1-15(7-3-2-4-8-15)14(16)17-13-10-11-5-6-12(13)9-11/h5-6,11-13H,2-4,7-10H2,1H3. The van der Waals surface area contributed by atoms with Gasteiger partial charge in [-0.25, -0.2) is 0 Å². The van der Waals surface area contributed by atoms with Gasteiger partial charge in [-0.1, -0.05) is 31.4 Å². The summed E-state index contributed by atoms with van der Waals surface area (Å²) in [6.45, 7) is 2.09. The SMILES string of the molecule is CC1(C(=O)OC2CC3C=CC2C3)CCCCC1. The third-order valence-corrected chi connectivity index (χ3v) is 4.93. The van der Waals surface area contributed by atoms with Crippen LogP contribution in [0.1, 0.15) is 51.9 Å². The zero-order valence-corrected chi connectivity index (χ0v) is 10.7. The van der Waals surface area contributed by atoms with Gasteiger partial charge in [0.15, 0.2) is 0 Å². The van der Waals surface area contributed by atoms with Crippen molar-refractivity contribution in [2.24, 2.45) is 17.3 Å². The number of hydrogen-bond acceptors (Lipinski definition) is 2. The van der Waals surface area contributed by atoms with E-state index in [2.05, 4.69) is 19.1 Å². The van der Waals surface area contributed by atoms with Crippen molar-refractivity contribution < 1.29 is 9.53 Å². The van der Waals surface area contributed by atoms with Gasteiger partial charge >= 0.3 is 5.97 Å². The molecule has 3 unspecified atom stereocenters. The Labute approximate surface area is 103 Å². The Morgan fingerprint density at radius 3 is 2.53 bits per heavy atom. The van der Waals surface area contributed by atoms with Crippen LogP contribution in [0.25, 0.3) is 0 Å². The van der Waals surface area contributed by atoms with Gasteiger partial charge in [-0.3, -0.25) is 4.79 Å². The van der Waals surface area contributed by atoms with Crippen molar-refractivity contribution in [3.8, 4) is 0 Å². The summed E-state index contributed by atoms with van der Waals surface area (Å²) in [5.74, 6) is 1.26. The van der Waals surface area contributed by atoms with Crippen LogP contribution in [0.2, 0.25) is 0 Å². The Morgan fingerprint density at radius 2 is 1.94 bits per heavy atom. The molecule has 3 atom stereocenters. The van der Waals surface area contributed by atoms with Crippen molar-refractivity contribution >= 4 is 5.97 Å². The zero-order chi connectivity index (χ0) is 11.9. The zero-order valence-electron chi connectivity index (χ0n) is 10.7. The van der Waals surface area contributed by atoms with Crippen molar-refractivity contribution in [2.45, 2.75) is 58.0 Å². The highest BCUT2D eigenvalue weighted by Crippen LogP contribution is 2.43. The third kappa shape index (κ3) is 2.02. The Balaban J connectivity index is 1.61. The lowest BCUT2D eigenvalue weighted by atomic mass is 9.76. The van der Waals surface area contributed by atoms with Crippen LogP contribution in [0.4, 0.5) is 0 Å². The first kappa shape index (κ1) is 11.3. The molecular formula is C15H22O2. The fourth-order valence-corrected chi connectivity index (χ4v) is 3.68. The maximum absolute atomic E-state index is 12.3. The van der Waals surface area contributed by atoms with Crippen LogP contribution in [0.3, 0.4) is 0 Å². The molecule has 3 rings (SSSR count). The van der Waals surface area contributed by atoms with Gasteiger partial charge in [0, 0.05) is 5.92 Å². The molecule has 94 valence electrons. The number of esters is 1. The highest BCUT2D eigenvalue weighted by Gasteiger charge is 2.42. The van der Waals surface area contributed by atoms with Crippen LogP contribution in [-0.2, 0) is 9.53 Å². The molecule has 2 saturated carbocycles. The molecule has 0 aromatic rings. The predicted molar refractivity (Wildman–Crippen MR) is 66.4 cm³/mol. The number of carbonyl (C=O) groups is 1. The molecule has 0 amide bonds. The molecule has 2 bridgehead atoms. The van der Waals surface area contributed by atoms with Crippen LogP contribution >= 0.6 is 0 Å². The molecule has 17 heavy (non-hydrogen) atoms. The molecule has 0 saturated heterocycles. The van der Waals surface area contributed by atoms with Crippen LogP contribution in [0, 0.1) is 17.3 Å². The first-order chi connectivity index (χ1) is 8.17. The van der Waals surface area contributed by atoms with E-state index in [0.29, 0.717) is 11.8 Å². The predicted octanol–water partition coefficient (Wildman–Crippen LogP) is 3.46. The van der Waals surface area contributed by atoms with E-state index in [4.69, 9.17) is 4.74 Å². The van der Waals surface area contributed by atoms with Crippen molar-refractivity contribution in [1.29, 1.82) is 0 Å². The second-order valence-electron chi connectivity index (χ2n) is 6.35. The molecule has 0 radical (unpaired) electrons. The summed E-state index contributed by atoms with van der Waals surface area (Å²) in [4.78, 5) is 12.3. The van der Waals surface area contributed by atoms with Gasteiger partial charge in [0.2, 0.25) is 0 Å². The third-order valence-electron chi connectivity index (χ3n) is 4.93. The lowest BCUT2D eigenvalue weighted by Gasteiger charge is -2.33. The van der Waals surface area contributed by atoms with E-state index in [9.17, 15) is 4.79 Å². The van der Waals surface area contributed by atoms with E-state index in [0.717, 1.165) is 19.3 Å². The smallest absolute Gasteiger partial charge is 0.312 e. The minimum absolute atomic E-state index is 0.0724. The highest BCUT2D eigenvalue weighted by atomic mass is 16.5. The highest BCUT2D eigenvalue weighted by molar-refractivity contribution is 5.76. The molecule has 3 aliphatic rings. The summed E-state index contributed by atoms with van der Waals surface area (Å²) in [6.07, 6.45) is 12.6. The number of hydrogen-bond donors (Lipinski definition) is 0. The number of fused-ring (bicyclic) bond motifs is 2. The molecular weight excluding hydrogens is 212 g/mol. The monoisotopic (exact) mass is 234 g/mol. The van der Waals surface area contributed by atoms with Crippen molar-refractivity contribution in [2.75, 3.05) is 0 Å². The lowest BCUT2D eigenvalue weighted by Crippen LogP contribution is -2.35. The van der Waals surface area contributed by atoms with Gasteiger partial charge in [-0.05, 0) is 38.5 Å². The fourth-order valence-electron chi connectivity index (χ4n) is 3.68. The minimum Gasteiger partial charge on any atom is -0.461 e. The van der Waals surface area contributed by atoms with E-state index in [1.807, 2.05) is 0 Å². The molecule has 2 heteroatoms. The second-order valence-corrected chi connectivity index (χ2v) is 6.35. The topological polar surface area (TPSA) is 26.3 Å². The second kappa shape index (κ2) is 4.15. The molecule has 0 aromatic carbocycles. The van der Waals surface area contributed by atoms with Gasteiger partial charge in [0.1, 0.15) is 6.10 Å². The first-order valence-electron chi connectivity index (χ1n) is 7.07. The molecule has 0 aromatic heterocycles. The van der Waals surface area contributed by atoms with E-state index in [1.165, 1.54) is 25.7 Å². The van der Waals surface area contributed by atoms with Gasteiger partial charge in [-0.2, -0.15) is 0 Å². The Hall–Kier alpha value is -0.790. The normalized spacial score (nSPS) is 38.3. The summed E-state index contributed by atoms with van der Waals surface area (Å²) < 4.78 is 5.80. The van der Waals surface area contributed by atoms with Crippen LogP contribution in [0.15, 0.2) is 12.2 Å². The number of rotatable bonds is 2. The number of allylic oxidation sites excluding steroid dienone is 1. The molecule has 0 aliphatic heterocycles. The van der Waals surface area contributed by atoms with E-state index >= 15 is 0 Å². The van der Waals surface area contributed by atoms with E-state index < -0.39 is 0 Å². The summed E-state index contributed by atoms with van der Waals surface area (Å²) in [5.41, 5.74) is -0.191. The lowest BCUT2D eigenvalue weighted by molar-refractivity contribution is -0.163.